The lowest BCUT2D eigenvalue weighted by atomic mass is 10.2. The highest BCUT2D eigenvalue weighted by Gasteiger charge is 2.34. The fourth-order valence-electron chi connectivity index (χ4n) is 1.98. The second-order valence-corrected chi connectivity index (χ2v) is 6.71. The third kappa shape index (κ3) is 2.78. The predicted octanol–water partition coefficient (Wildman–Crippen LogP) is 0.237. The first-order chi connectivity index (χ1) is 8.80. The molecular weight excluding hydrogens is 274 g/mol. The molecule has 0 spiro atoms. The van der Waals surface area contributed by atoms with Crippen LogP contribution in [0.25, 0.3) is 0 Å². The molecule has 0 bridgehead atoms. The van der Waals surface area contributed by atoms with Gasteiger partial charge in [-0.05, 0) is 6.42 Å². The molecule has 1 N–H and O–H groups in total. The number of carbonyl (C=O) groups is 2. The van der Waals surface area contributed by atoms with Gasteiger partial charge in [-0.3, -0.25) is 4.79 Å². The Morgan fingerprint density at radius 2 is 2.16 bits per heavy atom. The lowest BCUT2D eigenvalue weighted by Crippen LogP contribution is -2.37. The zero-order valence-corrected chi connectivity index (χ0v) is 11.0. The van der Waals surface area contributed by atoms with Crippen molar-refractivity contribution >= 4 is 21.7 Å². The standard InChI is InChI=1S/C11H13NO6S/c1-12(8-2-3-19(16,17)6-8)10(13)9-4-7(5-18-9)11(14)15/h4-5,8H,2-3,6H2,1H3,(H,14,15). The molecule has 19 heavy (non-hydrogen) atoms. The van der Waals surface area contributed by atoms with E-state index in [4.69, 9.17) is 9.52 Å². The van der Waals surface area contributed by atoms with Gasteiger partial charge in [0, 0.05) is 19.2 Å². The summed E-state index contributed by atoms with van der Waals surface area (Å²) >= 11 is 0. The van der Waals surface area contributed by atoms with Crippen LogP contribution in [0.15, 0.2) is 16.7 Å². The summed E-state index contributed by atoms with van der Waals surface area (Å²) in [6, 6.07) is 0.737. The van der Waals surface area contributed by atoms with E-state index in [0.717, 1.165) is 12.3 Å². The Morgan fingerprint density at radius 3 is 2.63 bits per heavy atom. The number of carbonyl (C=O) groups excluding carboxylic acids is 1. The number of hydrogen-bond donors (Lipinski definition) is 1. The highest BCUT2D eigenvalue weighted by molar-refractivity contribution is 7.91. The fourth-order valence-corrected chi connectivity index (χ4v) is 3.76. The minimum atomic E-state index is -3.08. The Balaban J connectivity index is 2.13. The van der Waals surface area contributed by atoms with Crippen molar-refractivity contribution in [3.63, 3.8) is 0 Å². The molecule has 0 aromatic carbocycles. The number of amides is 1. The van der Waals surface area contributed by atoms with Crippen LogP contribution in [-0.2, 0) is 9.84 Å². The highest BCUT2D eigenvalue weighted by atomic mass is 32.2. The van der Waals surface area contributed by atoms with E-state index in [-0.39, 0.29) is 22.8 Å². The first-order valence-corrected chi connectivity index (χ1v) is 7.42. The number of nitrogens with zero attached hydrogens (tertiary/aromatic N) is 1. The van der Waals surface area contributed by atoms with Gasteiger partial charge in [0.1, 0.15) is 6.26 Å². The van der Waals surface area contributed by atoms with Crippen molar-refractivity contribution in [3.8, 4) is 0 Å². The number of aromatic carboxylic acids is 1. The van der Waals surface area contributed by atoms with Crippen LogP contribution < -0.4 is 0 Å². The zero-order valence-electron chi connectivity index (χ0n) is 10.2. The quantitative estimate of drug-likeness (QED) is 0.853. The number of carboxylic acid groups (broad SMARTS) is 1. The van der Waals surface area contributed by atoms with E-state index in [1.165, 1.54) is 11.9 Å². The summed E-state index contributed by atoms with van der Waals surface area (Å²) in [4.78, 5) is 24.0. The van der Waals surface area contributed by atoms with Gasteiger partial charge in [0.25, 0.3) is 5.91 Å². The summed E-state index contributed by atoms with van der Waals surface area (Å²) in [7, 11) is -1.60. The molecule has 0 saturated carbocycles. The van der Waals surface area contributed by atoms with Crippen LogP contribution in [0.5, 0.6) is 0 Å². The molecule has 1 atom stereocenters. The number of sulfone groups is 1. The van der Waals surface area contributed by atoms with Crippen molar-refractivity contribution in [1.29, 1.82) is 0 Å². The van der Waals surface area contributed by atoms with Crippen molar-refractivity contribution in [1.82, 2.24) is 4.90 Å². The van der Waals surface area contributed by atoms with Crippen LogP contribution in [-0.4, -0.2) is 54.9 Å². The van der Waals surface area contributed by atoms with Crippen molar-refractivity contribution in [2.45, 2.75) is 12.5 Å². The molecule has 104 valence electrons. The van der Waals surface area contributed by atoms with E-state index in [2.05, 4.69) is 0 Å². The van der Waals surface area contributed by atoms with Crippen molar-refractivity contribution < 1.29 is 27.5 Å². The summed E-state index contributed by atoms with van der Waals surface area (Å²) in [6.07, 6.45) is 1.37. The van der Waals surface area contributed by atoms with E-state index in [9.17, 15) is 18.0 Å². The maximum Gasteiger partial charge on any atom is 0.338 e. The third-order valence-electron chi connectivity index (χ3n) is 3.13. The van der Waals surface area contributed by atoms with Crippen molar-refractivity contribution in [3.05, 3.63) is 23.7 Å². The van der Waals surface area contributed by atoms with E-state index in [0.29, 0.717) is 6.42 Å². The summed E-state index contributed by atoms with van der Waals surface area (Å²) in [5.41, 5.74) is -0.115. The molecule has 1 fully saturated rings. The van der Waals surface area contributed by atoms with Gasteiger partial charge in [-0.25, -0.2) is 13.2 Å². The average molecular weight is 287 g/mol. The largest absolute Gasteiger partial charge is 0.478 e. The third-order valence-corrected chi connectivity index (χ3v) is 4.88. The average Bonchev–Trinajstić information content (AvgIpc) is 2.93. The number of hydrogen-bond acceptors (Lipinski definition) is 5. The van der Waals surface area contributed by atoms with Crippen LogP contribution in [0.4, 0.5) is 0 Å². The minimum absolute atomic E-state index is 0.0633. The van der Waals surface area contributed by atoms with Gasteiger partial charge in [0.05, 0.1) is 17.1 Å². The van der Waals surface area contributed by atoms with Crippen LogP contribution in [0, 0.1) is 0 Å². The molecule has 1 saturated heterocycles. The van der Waals surface area contributed by atoms with Gasteiger partial charge >= 0.3 is 5.97 Å². The van der Waals surface area contributed by atoms with E-state index >= 15 is 0 Å². The molecule has 1 aliphatic heterocycles. The second-order valence-electron chi connectivity index (χ2n) is 4.48. The lowest BCUT2D eigenvalue weighted by Gasteiger charge is -2.22. The van der Waals surface area contributed by atoms with Crippen LogP contribution >= 0.6 is 0 Å². The molecule has 1 aromatic heterocycles. The number of carboxylic acids is 1. The first kappa shape index (κ1) is 13.6. The van der Waals surface area contributed by atoms with Crippen LogP contribution in [0.3, 0.4) is 0 Å². The van der Waals surface area contributed by atoms with Gasteiger partial charge in [0.15, 0.2) is 15.6 Å². The van der Waals surface area contributed by atoms with Gasteiger partial charge < -0.3 is 14.4 Å². The molecule has 0 radical (unpaired) electrons. The summed E-state index contributed by atoms with van der Waals surface area (Å²) < 4.78 is 27.6. The first-order valence-electron chi connectivity index (χ1n) is 5.59. The van der Waals surface area contributed by atoms with Gasteiger partial charge in [-0.1, -0.05) is 0 Å². The maximum atomic E-state index is 12.0. The molecule has 7 nitrogen and oxygen atoms in total. The molecular formula is C11H13NO6S. The Morgan fingerprint density at radius 1 is 1.47 bits per heavy atom. The van der Waals surface area contributed by atoms with Crippen LogP contribution in [0.2, 0.25) is 0 Å². The maximum absolute atomic E-state index is 12.0. The zero-order chi connectivity index (χ0) is 14.2. The smallest absolute Gasteiger partial charge is 0.338 e. The van der Waals surface area contributed by atoms with Crippen LogP contribution in [0.1, 0.15) is 27.3 Å². The predicted molar refractivity (Wildman–Crippen MR) is 64.8 cm³/mol. The summed E-state index contributed by atoms with van der Waals surface area (Å²) in [6.45, 7) is 0. The summed E-state index contributed by atoms with van der Waals surface area (Å²) in [5.74, 6) is -1.82. The Bertz CT molecular complexity index is 617. The lowest BCUT2D eigenvalue weighted by molar-refractivity contribution is 0.0692. The second kappa shape index (κ2) is 4.69. The van der Waals surface area contributed by atoms with Gasteiger partial charge in [0.2, 0.25) is 0 Å². The van der Waals surface area contributed by atoms with E-state index < -0.39 is 27.8 Å². The minimum Gasteiger partial charge on any atom is -0.478 e. The highest BCUT2D eigenvalue weighted by Crippen LogP contribution is 2.19. The monoisotopic (exact) mass is 287 g/mol. The molecule has 1 aliphatic rings. The Kier molecular flexibility index (Phi) is 3.36. The topological polar surface area (TPSA) is 105 Å². The van der Waals surface area contributed by atoms with Crippen molar-refractivity contribution in [2.75, 3.05) is 18.6 Å². The summed E-state index contributed by atoms with van der Waals surface area (Å²) in [5, 5.41) is 8.73. The van der Waals surface area contributed by atoms with Gasteiger partial charge in [-0.2, -0.15) is 0 Å². The fraction of sp³-hybridized carbons (Fsp3) is 0.455. The van der Waals surface area contributed by atoms with E-state index in [1.807, 2.05) is 0 Å². The SMILES string of the molecule is CN(C(=O)c1cc(C(=O)O)co1)C1CCS(=O)(=O)C1. The number of rotatable bonds is 3. The molecule has 8 heteroatoms. The normalized spacial score (nSPS) is 21.2. The van der Waals surface area contributed by atoms with Crippen molar-refractivity contribution in [2.24, 2.45) is 0 Å². The molecule has 1 unspecified atom stereocenters. The molecule has 1 aromatic rings. The molecule has 2 rings (SSSR count). The molecule has 0 aliphatic carbocycles. The molecule has 1 amide bonds. The molecule has 2 heterocycles. The van der Waals surface area contributed by atoms with Gasteiger partial charge in [-0.15, -0.1) is 0 Å². The Hall–Kier alpha value is -1.83. The Labute approximate surface area is 109 Å². The van der Waals surface area contributed by atoms with E-state index in [1.54, 1.807) is 0 Å². The number of furan rings is 1.